The molecule has 2 fully saturated rings. The van der Waals surface area contributed by atoms with Crippen LogP contribution in [0, 0.1) is 17.2 Å². The normalized spacial score (nSPS) is 29.4. The van der Waals surface area contributed by atoms with E-state index in [4.69, 9.17) is 5.11 Å². The number of rotatable bonds is 3. The van der Waals surface area contributed by atoms with Crippen molar-refractivity contribution in [3.05, 3.63) is 35.4 Å². The number of amides is 1. The van der Waals surface area contributed by atoms with Crippen LogP contribution < -0.4 is 0 Å². The van der Waals surface area contributed by atoms with Gasteiger partial charge in [0.25, 0.3) is 0 Å². The molecule has 1 aromatic carbocycles. The first-order valence-electron chi connectivity index (χ1n) is 7.19. The Labute approximate surface area is 137 Å². The molecular weight excluding hydrogens is 316 g/mol. The van der Waals surface area contributed by atoms with Crippen LogP contribution in [0.15, 0.2) is 24.3 Å². The van der Waals surface area contributed by atoms with Crippen molar-refractivity contribution in [3.63, 3.8) is 0 Å². The number of carbonyl (C=O) groups excluding carboxylic acids is 1. The van der Waals surface area contributed by atoms with E-state index >= 15 is 0 Å². The van der Waals surface area contributed by atoms with Crippen LogP contribution >= 0.6 is 11.8 Å². The number of aromatic carboxylic acids is 1. The molecule has 2 heterocycles. The molecule has 0 bridgehead atoms. The lowest BCUT2D eigenvalue weighted by molar-refractivity contribution is -0.159. The largest absolute Gasteiger partial charge is 0.478 e. The maximum Gasteiger partial charge on any atom is 0.335 e. The lowest BCUT2D eigenvalue weighted by atomic mass is 9.85. The Hall–Kier alpha value is -2.04. The minimum Gasteiger partial charge on any atom is -0.478 e. The number of nitriles is 1. The fourth-order valence-electron chi connectivity index (χ4n) is 3.16. The zero-order chi connectivity index (χ0) is 16.9. The summed E-state index contributed by atoms with van der Waals surface area (Å²) in [6, 6.07) is 7.54. The summed E-state index contributed by atoms with van der Waals surface area (Å²) in [7, 11) is 0. The summed E-state index contributed by atoms with van der Waals surface area (Å²) >= 11 is 1.52. The number of nitrogens with zero attached hydrogens (tertiary/aromatic N) is 2. The van der Waals surface area contributed by atoms with Crippen LogP contribution in [0.2, 0.25) is 0 Å². The zero-order valence-electron chi connectivity index (χ0n) is 12.6. The monoisotopic (exact) mass is 332 g/mol. The Morgan fingerprint density at radius 3 is 2.52 bits per heavy atom. The summed E-state index contributed by atoms with van der Waals surface area (Å²) in [4.78, 5) is 24.8. The molecule has 7 heteroatoms. The molecular formula is C16H16N2O4S. The molecule has 6 nitrogen and oxygen atoms in total. The van der Waals surface area contributed by atoms with Crippen LogP contribution in [0.4, 0.5) is 0 Å². The van der Waals surface area contributed by atoms with Gasteiger partial charge < -0.3 is 15.1 Å². The third-order valence-corrected chi connectivity index (χ3v) is 6.04. The predicted octanol–water partition coefficient (Wildman–Crippen LogP) is 1.62. The van der Waals surface area contributed by atoms with Crippen molar-refractivity contribution in [1.29, 1.82) is 5.26 Å². The second kappa shape index (κ2) is 5.25. The third kappa shape index (κ3) is 2.30. The van der Waals surface area contributed by atoms with Gasteiger partial charge in [-0.05, 0) is 31.5 Å². The number of benzene rings is 1. The van der Waals surface area contributed by atoms with Crippen LogP contribution in [0.5, 0.6) is 0 Å². The van der Waals surface area contributed by atoms with E-state index in [1.165, 1.54) is 36.0 Å². The molecule has 4 unspecified atom stereocenters. The number of aliphatic hydroxyl groups excluding tert-OH is 1. The topological polar surface area (TPSA) is 102 Å². The summed E-state index contributed by atoms with van der Waals surface area (Å²) in [6.07, 6.45) is -1.01. The van der Waals surface area contributed by atoms with E-state index in [9.17, 15) is 20.0 Å². The minimum atomic E-state index is -1.04. The van der Waals surface area contributed by atoms with E-state index in [1.807, 2.05) is 13.8 Å². The second-order valence-corrected chi connectivity index (χ2v) is 8.06. The number of carbonyl (C=O) groups is 2. The number of carboxylic acid groups (broad SMARTS) is 1. The van der Waals surface area contributed by atoms with Gasteiger partial charge in [-0.2, -0.15) is 5.26 Å². The van der Waals surface area contributed by atoms with Crippen molar-refractivity contribution in [3.8, 4) is 6.07 Å². The summed E-state index contributed by atoms with van der Waals surface area (Å²) in [5.74, 6) is -1.87. The van der Waals surface area contributed by atoms with Crippen LogP contribution in [-0.4, -0.2) is 43.2 Å². The maximum atomic E-state index is 12.4. The first-order valence-corrected chi connectivity index (χ1v) is 8.07. The van der Waals surface area contributed by atoms with Crippen LogP contribution in [0.3, 0.4) is 0 Å². The molecule has 0 spiro atoms. The fraction of sp³-hybridized carbons (Fsp3) is 0.438. The third-order valence-electron chi connectivity index (χ3n) is 4.44. The van der Waals surface area contributed by atoms with E-state index in [0.717, 1.165) is 0 Å². The van der Waals surface area contributed by atoms with Gasteiger partial charge >= 0.3 is 5.97 Å². The van der Waals surface area contributed by atoms with Crippen LogP contribution in [0.25, 0.3) is 0 Å². The molecule has 2 N–H and O–H groups in total. The molecule has 1 aromatic rings. The molecule has 3 rings (SSSR count). The Morgan fingerprint density at radius 2 is 2.00 bits per heavy atom. The van der Waals surface area contributed by atoms with Gasteiger partial charge in [0, 0.05) is 4.75 Å². The fourth-order valence-corrected chi connectivity index (χ4v) is 4.83. The molecule has 0 aliphatic carbocycles. The van der Waals surface area contributed by atoms with Gasteiger partial charge in [0.1, 0.15) is 6.04 Å². The van der Waals surface area contributed by atoms with E-state index in [1.54, 1.807) is 4.90 Å². The van der Waals surface area contributed by atoms with Crippen molar-refractivity contribution < 1.29 is 19.8 Å². The molecule has 1 amide bonds. The molecule has 120 valence electrons. The number of hydrogen-bond acceptors (Lipinski definition) is 5. The van der Waals surface area contributed by atoms with Crippen molar-refractivity contribution in [2.24, 2.45) is 5.92 Å². The summed E-state index contributed by atoms with van der Waals surface area (Å²) in [5.41, 5.74) is 0.634. The lowest BCUT2D eigenvalue weighted by Gasteiger charge is -2.45. The molecule has 0 radical (unpaired) electrons. The first kappa shape index (κ1) is 15.8. The smallest absolute Gasteiger partial charge is 0.335 e. The highest BCUT2D eigenvalue weighted by Gasteiger charge is 2.63. The Bertz CT molecular complexity index is 710. The van der Waals surface area contributed by atoms with E-state index in [-0.39, 0.29) is 21.6 Å². The average Bonchev–Trinajstić information content (AvgIpc) is 2.74. The molecule has 2 saturated heterocycles. The Kier molecular flexibility index (Phi) is 3.62. The molecule has 0 aromatic heterocycles. The van der Waals surface area contributed by atoms with Crippen molar-refractivity contribution in [2.45, 2.75) is 36.1 Å². The maximum absolute atomic E-state index is 12.4. The van der Waals surface area contributed by atoms with Crippen molar-refractivity contribution in [1.82, 2.24) is 4.90 Å². The van der Waals surface area contributed by atoms with Crippen molar-refractivity contribution >= 4 is 23.6 Å². The van der Waals surface area contributed by atoms with Gasteiger partial charge in [0.05, 0.1) is 29.0 Å². The Morgan fingerprint density at radius 1 is 1.39 bits per heavy atom. The lowest BCUT2D eigenvalue weighted by Crippen LogP contribution is -2.61. The predicted molar refractivity (Wildman–Crippen MR) is 83.6 cm³/mol. The number of carboxylic acids is 1. The van der Waals surface area contributed by atoms with Gasteiger partial charge in [-0.15, -0.1) is 11.8 Å². The van der Waals surface area contributed by atoms with Gasteiger partial charge in [0.2, 0.25) is 5.91 Å². The second-order valence-electron chi connectivity index (χ2n) is 6.29. The highest BCUT2D eigenvalue weighted by Crippen LogP contribution is 2.55. The first-order chi connectivity index (χ1) is 10.8. The number of β-lactam (4-membered cyclic amide) rings is 1. The number of thioether (sulfide) groups is 1. The summed E-state index contributed by atoms with van der Waals surface area (Å²) < 4.78 is -0.378. The van der Waals surface area contributed by atoms with E-state index < -0.39 is 24.0 Å². The summed E-state index contributed by atoms with van der Waals surface area (Å²) in [6.45, 7) is 3.84. The van der Waals surface area contributed by atoms with Gasteiger partial charge in [0.15, 0.2) is 0 Å². The quantitative estimate of drug-likeness (QED) is 0.816. The van der Waals surface area contributed by atoms with Crippen LogP contribution in [-0.2, 0) is 4.79 Å². The molecule has 0 saturated carbocycles. The molecule has 2 aliphatic rings. The van der Waals surface area contributed by atoms with E-state index in [2.05, 4.69) is 6.07 Å². The SMILES string of the molecule is CC1(C)SC2C(C(O)c3ccc(C(=O)O)cc3)C(=O)N2C1C#N. The zero-order valence-corrected chi connectivity index (χ0v) is 13.4. The minimum absolute atomic E-state index is 0.128. The van der Waals surface area contributed by atoms with Gasteiger partial charge in [-0.3, -0.25) is 4.79 Å². The molecule has 23 heavy (non-hydrogen) atoms. The van der Waals surface area contributed by atoms with Gasteiger partial charge in [-0.25, -0.2) is 4.79 Å². The van der Waals surface area contributed by atoms with Gasteiger partial charge in [-0.1, -0.05) is 12.1 Å². The number of aliphatic hydroxyl groups is 1. The molecule has 4 atom stereocenters. The number of hydrogen-bond donors (Lipinski definition) is 2. The summed E-state index contributed by atoms with van der Waals surface area (Å²) in [5, 5.41) is 28.5. The molecule has 2 aliphatic heterocycles. The van der Waals surface area contributed by atoms with Crippen LogP contribution in [0.1, 0.15) is 35.9 Å². The van der Waals surface area contributed by atoms with Crippen molar-refractivity contribution in [2.75, 3.05) is 0 Å². The van der Waals surface area contributed by atoms with E-state index in [0.29, 0.717) is 5.56 Å². The average molecular weight is 332 g/mol. The Balaban J connectivity index is 1.82. The standard InChI is InChI=1S/C16H16N2O4S/c1-16(2)10(7-17)18-13(20)11(14(18)23-16)12(19)8-3-5-9(6-4-8)15(21)22/h3-6,10-12,14,19H,1-2H3,(H,21,22). The number of fused-ring (bicyclic) bond motifs is 1. The highest BCUT2D eigenvalue weighted by atomic mass is 32.2. The highest BCUT2D eigenvalue weighted by molar-refractivity contribution is 8.01.